The van der Waals surface area contributed by atoms with Gasteiger partial charge >= 0.3 is 0 Å². The first-order valence-electron chi connectivity index (χ1n) is 9.47. The maximum Gasteiger partial charge on any atom is 0.122 e. The number of likely N-dealkylation sites (N-methyl/N-ethyl adjacent to an activating group) is 1. The van der Waals surface area contributed by atoms with Crippen LogP contribution in [0, 0.1) is 0 Å². The van der Waals surface area contributed by atoms with Gasteiger partial charge in [0.05, 0.1) is 12.6 Å². The number of fused-ring (bicyclic) bond motifs is 1. The van der Waals surface area contributed by atoms with Crippen LogP contribution in [0.5, 0.6) is 5.75 Å². The van der Waals surface area contributed by atoms with E-state index in [4.69, 9.17) is 4.74 Å². The predicted octanol–water partition coefficient (Wildman–Crippen LogP) is 2.65. The first kappa shape index (κ1) is 17.5. The van der Waals surface area contributed by atoms with Gasteiger partial charge in [-0.2, -0.15) is 0 Å². The van der Waals surface area contributed by atoms with Gasteiger partial charge in [-0.15, -0.1) is 0 Å². The van der Waals surface area contributed by atoms with Crippen LogP contribution in [0.1, 0.15) is 23.1 Å². The summed E-state index contributed by atoms with van der Waals surface area (Å²) < 4.78 is 5.61. The Labute approximate surface area is 156 Å². The summed E-state index contributed by atoms with van der Waals surface area (Å²) in [5.74, 6) is 1.04. The summed E-state index contributed by atoms with van der Waals surface area (Å²) in [6.07, 6.45) is 1.76. The zero-order chi connectivity index (χ0) is 18.1. The highest BCUT2D eigenvalue weighted by Crippen LogP contribution is 2.36. The second-order valence-corrected chi connectivity index (χ2v) is 7.80. The number of benzene rings is 2. The summed E-state index contributed by atoms with van der Waals surface area (Å²) in [6.45, 7) is 3.47. The molecule has 2 aromatic carbocycles. The van der Waals surface area contributed by atoms with Crippen LogP contribution in [0.25, 0.3) is 0 Å². The fourth-order valence-corrected chi connectivity index (χ4v) is 4.38. The molecular formula is C22H28N2O2. The molecule has 1 N–H and O–H groups in total. The van der Waals surface area contributed by atoms with Gasteiger partial charge in [0.15, 0.2) is 0 Å². The zero-order valence-corrected chi connectivity index (χ0v) is 15.7. The number of hydrogen-bond acceptors (Lipinski definition) is 4. The smallest absolute Gasteiger partial charge is 0.122 e. The number of nitrogens with zero attached hydrogens (tertiary/aromatic N) is 2. The lowest BCUT2D eigenvalue weighted by atomic mass is 9.79. The van der Waals surface area contributed by atoms with Crippen LogP contribution in [0.15, 0.2) is 48.5 Å². The zero-order valence-electron chi connectivity index (χ0n) is 15.7. The summed E-state index contributed by atoms with van der Waals surface area (Å²) in [5.41, 5.74) is 2.88. The highest BCUT2D eigenvalue weighted by Gasteiger charge is 2.43. The van der Waals surface area contributed by atoms with Gasteiger partial charge in [-0.25, -0.2) is 0 Å². The normalized spacial score (nSPS) is 25.9. The lowest BCUT2D eigenvalue weighted by Gasteiger charge is -2.47. The Bertz CT molecular complexity index is 762. The van der Waals surface area contributed by atoms with Crippen molar-refractivity contribution in [1.29, 1.82) is 0 Å². The highest BCUT2D eigenvalue weighted by molar-refractivity contribution is 5.39. The van der Waals surface area contributed by atoms with E-state index in [0.29, 0.717) is 0 Å². The van der Waals surface area contributed by atoms with E-state index in [9.17, 15) is 5.11 Å². The van der Waals surface area contributed by atoms with Crippen molar-refractivity contribution < 1.29 is 9.84 Å². The van der Waals surface area contributed by atoms with Gasteiger partial charge in [0, 0.05) is 26.1 Å². The Balaban J connectivity index is 1.51. The van der Waals surface area contributed by atoms with E-state index >= 15 is 0 Å². The van der Waals surface area contributed by atoms with Crippen molar-refractivity contribution >= 4 is 0 Å². The largest absolute Gasteiger partial charge is 0.493 e. The third-order valence-electron chi connectivity index (χ3n) is 5.85. The molecule has 0 saturated carbocycles. The van der Waals surface area contributed by atoms with Crippen LogP contribution in [0.3, 0.4) is 0 Å². The maximum atomic E-state index is 11.5. The number of piperidine rings is 1. The second kappa shape index (κ2) is 7.03. The molecule has 26 heavy (non-hydrogen) atoms. The van der Waals surface area contributed by atoms with Crippen LogP contribution in [0.2, 0.25) is 0 Å². The van der Waals surface area contributed by atoms with Crippen LogP contribution in [-0.2, 0) is 18.6 Å². The molecule has 0 aliphatic carbocycles. The molecule has 4 rings (SSSR count). The average molecular weight is 352 g/mol. The third kappa shape index (κ3) is 3.25. The van der Waals surface area contributed by atoms with Gasteiger partial charge in [-0.3, -0.25) is 4.90 Å². The third-order valence-corrected chi connectivity index (χ3v) is 5.85. The molecule has 2 aromatic rings. The Morgan fingerprint density at radius 1 is 1.19 bits per heavy atom. The van der Waals surface area contributed by atoms with E-state index in [1.807, 2.05) is 30.3 Å². The Morgan fingerprint density at radius 3 is 2.77 bits per heavy atom. The molecule has 2 aliphatic rings. The second-order valence-electron chi connectivity index (χ2n) is 7.80. The molecule has 2 atom stereocenters. The van der Waals surface area contributed by atoms with Gasteiger partial charge in [-0.05, 0) is 43.3 Å². The fraction of sp³-hybridized carbons (Fsp3) is 0.455. The molecule has 4 heteroatoms. The molecule has 0 unspecified atom stereocenters. The van der Waals surface area contributed by atoms with Crippen LogP contribution in [0.4, 0.5) is 0 Å². The van der Waals surface area contributed by atoms with Gasteiger partial charge < -0.3 is 14.7 Å². The Morgan fingerprint density at radius 2 is 2.00 bits per heavy atom. The monoisotopic (exact) mass is 352 g/mol. The van der Waals surface area contributed by atoms with Crippen molar-refractivity contribution in [3.05, 3.63) is 65.2 Å². The van der Waals surface area contributed by atoms with Crippen molar-refractivity contribution in [2.45, 2.75) is 31.0 Å². The lowest BCUT2D eigenvalue weighted by molar-refractivity contribution is -0.0892. The minimum atomic E-state index is -0.799. The van der Waals surface area contributed by atoms with Crippen molar-refractivity contribution in [3.63, 3.8) is 0 Å². The van der Waals surface area contributed by atoms with Crippen molar-refractivity contribution in [3.8, 4) is 5.75 Å². The summed E-state index contributed by atoms with van der Waals surface area (Å²) in [7, 11) is 4.13. The van der Waals surface area contributed by atoms with E-state index in [1.54, 1.807) is 0 Å². The van der Waals surface area contributed by atoms with E-state index < -0.39 is 5.60 Å². The first-order valence-corrected chi connectivity index (χ1v) is 9.47. The van der Waals surface area contributed by atoms with Gasteiger partial charge in [0.1, 0.15) is 11.4 Å². The van der Waals surface area contributed by atoms with Crippen molar-refractivity contribution in [2.75, 3.05) is 33.8 Å². The minimum absolute atomic E-state index is 0.0661. The number of hydrogen-bond donors (Lipinski definition) is 1. The highest BCUT2D eigenvalue weighted by atomic mass is 16.5. The quantitative estimate of drug-likeness (QED) is 0.918. The SMILES string of the molecule is CN(C)[C@@H]1CN(Cc2ccc3c(c2)CCO3)CC[C@]1(O)c1ccccc1. The number of ether oxygens (including phenoxy) is 1. The molecule has 138 valence electrons. The fourth-order valence-electron chi connectivity index (χ4n) is 4.38. The average Bonchev–Trinajstić information content (AvgIpc) is 3.12. The first-order chi connectivity index (χ1) is 12.6. The van der Waals surface area contributed by atoms with Crippen LogP contribution in [-0.4, -0.2) is 54.7 Å². The molecule has 1 fully saturated rings. The summed E-state index contributed by atoms with van der Waals surface area (Å²) in [6, 6.07) is 16.8. The molecule has 1 saturated heterocycles. The number of aliphatic hydroxyl groups is 1. The van der Waals surface area contributed by atoms with Crippen molar-refractivity contribution in [2.24, 2.45) is 0 Å². The van der Waals surface area contributed by atoms with Crippen molar-refractivity contribution in [1.82, 2.24) is 9.80 Å². The van der Waals surface area contributed by atoms with Crippen LogP contribution < -0.4 is 4.74 Å². The summed E-state index contributed by atoms with van der Waals surface area (Å²) in [5, 5.41) is 11.5. The minimum Gasteiger partial charge on any atom is -0.493 e. The molecular weight excluding hydrogens is 324 g/mol. The summed E-state index contributed by atoms with van der Waals surface area (Å²) >= 11 is 0. The van der Waals surface area contributed by atoms with Gasteiger partial charge in [0.25, 0.3) is 0 Å². The van der Waals surface area contributed by atoms with E-state index in [-0.39, 0.29) is 6.04 Å². The topological polar surface area (TPSA) is 35.9 Å². The lowest BCUT2D eigenvalue weighted by Crippen LogP contribution is -2.58. The van der Waals surface area contributed by atoms with Crippen LogP contribution >= 0.6 is 0 Å². The number of rotatable bonds is 4. The Kier molecular flexibility index (Phi) is 4.74. The standard InChI is InChI=1S/C22H28N2O2/c1-23(2)21-16-24(12-11-22(21,25)19-6-4-3-5-7-19)15-17-8-9-20-18(14-17)10-13-26-20/h3-9,14,21,25H,10-13,15-16H2,1-2H3/t21-,22+/m1/s1. The number of likely N-dealkylation sites (tertiary alicyclic amines) is 1. The van der Waals surface area contributed by atoms with E-state index in [2.05, 4.69) is 42.1 Å². The molecule has 0 amide bonds. The molecule has 4 nitrogen and oxygen atoms in total. The summed E-state index contributed by atoms with van der Waals surface area (Å²) in [4.78, 5) is 4.62. The van der Waals surface area contributed by atoms with Gasteiger partial charge in [-0.1, -0.05) is 42.5 Å². The van der Waals surface area contributed by atoms with Gasteiger partial charge in [0.2, 0.25) is 0 Å². The molecule has 0 bridgehead atoms. The molecule has 0 spiro atoms. The predicted molar refractivity (Wildman–Crippen MR) is 103 cm³/mol. The van der Waals surface area contributed by atoms with E-state index in [0.717, 1.165) is 50.4 Å². The molecule has 2 heterocycles. The van der Waals surface area contributed by atoms with E-state index in [1.165, 1.54) is 11.1 Å². The molecule has 0 radical (unpaired) electrons. The maximum absolute atomic E-state index is 11.5. The molecule has 0 aromatic heterocycles. The molecule has 2 aliphatic heterocycles. The Hall–Kier alpha value is -1.88.